The summed E-state index contributed by atoms with van der Waals surface area (Å²) in [4.78, 5) is 12.0. The Bertz CT molecular complexity index is 921. The van der Waals surface area contributed by atoms with E-state index in [1.807, 2.05) is 60.7 Å². The number of nitrogens with one attached hydrogen (secondary N) is 1. The maximum absolute atomic E-state index is 12.0. The number of hydrogen-bond acceptors (Lipinski definition) is 3. The molecule has 0 atom stereocenters. The van der Waals surface area contributed by atoms with Crippen molar-refractivity contribution >= 4 is 38.8 Å². The van der Waals surface area contributed by atoms with E-state index in [1.54, 1.807) is 13.3 Å². The van der Waals surface area contributed by atoms with Gasteiger partial charge < -0.3 is 4.74 Å². The van der Waals surface area contributed by atoms with Gasteiger partial charge in [0.15, 0.2) is 0 Å². The molecule has 0 unspecified atom stereocenters. The molecule has 0 aliphatic heterocycles. The summed E-state index contributed by atoms with van der Waals surface area (Å²) in [5, 5.41) is 6.21. The number of amides is 1. The number of ether oxygens (including phenoxy) is 1. The summed E-state index contributed by atoms with van der Waals surface area (Å²) >= 11 is 3.38. The van der Waals surface area contributed by atoms with Crippen molar-refractivity contribution in [3.05, 3.63) is 76.3 Å². The summed E-state index contributed by atoms with van der Waals surface area (Å²) in [6.45, 7) is 0. The van der Waals surface area contributed by atoms with E-state index in [2.05, 4.69) is 26.5 Å². The number of nitrogens with zero attached hydrogens (tertiary/aromatic N) is 1. The SMILES string of the molecule is COc1ccc2ccccc2c1/C=N/NC(=O)Cc1ccc(Br)cc1. The highest BCUT2D eigenvalue weighted by Crippen LogP contribution is 2.26. The van der Waals surface area contributed by atoms with Crippen LogP contribution < -0.4 is 10.2 Å². The molecule has 0 aliphatic carbocycles. The highest BCUT2D eigenvalue weighted by Gasteiger charge is 2.06. The minimum absolute atomic E-state index is 0.169. The third-order valence-corrected chi connectivity index (χ3v) is 4.34. The zero-order chi connectivity index (χ0) is 17.6. The Kier molecular flexibility index (Phi) is 5.46. The van der Waals surface area contributed by atoms with E-state index in [0.717, 1.165) is 26.4 Å². The molecule has 0 aromatic heterocycles. The number of halogens is 1. The lowest BCUT2D eigenvalue weighted by atomic mass is 10.0. The van der Waals surface area contributed by atoms with Crippen LogP contribution in [0.3, 0.4) is 0 Å². The molecular formula is C20H17BrN2O2. The van der Waals surface area contributed by atoms with Crippen molar-refractivity contribution in [1.82, 2.24) is 5.43 Å². The minimum atomic E-state index is -0.169. The zero-order valence-electron chi connectivity index (χ0n) is 13.7. The van der Waals surface area contributed by atoms with Crippen LogP contribution in [0.2, 0.25) is 0 Å². The van der Waals surface area contributed by atoms with Crippen molar-refractivity contribution in [3.63, 3.8) is 0 Å². The fourth-order valence-corrected chi connectivity index (χ4v) is 2.85. The van der Waals surface area contributed by atoms with Crippen LogP contribution in [0.4, 0.5) is 0 Å². The first kappa shape index (κ1) is 17.2. The second kappa shape index (κ2) is 7.94. The highest BCUT2D eigenvalue weighted by molar-refractivity contribution is 9.10. The van der Waals surface area contributed by atoms with Gasteiger partial charge in [-0.1, -0.05) is 58.4 Å². The van der Waals surface area contributed by atoms with Crippen LogP contribution in [0.25, 0.3) is 10.8 Å². The average Bonchev–Trinajstić information content (AvgIpc) is 2.63. The van der Waals surface area contributed by atoms with E-state index in [-0.39, 0.29) is 12.3 Å². The predicted octanol–water partition coefficient (Wildman–Crippen LogP) is 4.30. The fraction of sp³-hybridized carbons (Fsp3) is 0.100. The van der Waals surface area contributed by atoms with E-state index in [0.29, 0.717) is 5.75 Å². The molecular weight excluding hydrogens is 380 g/mol. The lowest BCUT2D eigenvalue weighted by Crippen LogP contribution is -2.19. The maximum Gasteiger partial charge on any atom is 0.244 e. The molecule has 126 valence electrons. The van der Waals surface area contributed by atoms with E-state index in [1.165, 1.54) is 0 Å². The summed E-state index contributed by atoms with van der Waals surface area (Å²) in [7, 11) is 1.62. The van der Waals surface area contributed by atoms with Gasteiger partial charge >= 0.3 is 0 Å². The second-order valence-electron chi connectivity index (χ2n) is 5.50. The number of hydrogen-bond donors (Lipinski definition) is 1. The van der Waals surface area contributed by atoms with Crippen molar-refractivity contribution in [2.45, 2.75) is 6.42 Å². The van der Waals surface area contributed by atoms with Crippen LogP contribution in [0.1, 0.15) is 11.1 Å². The van der Waals surface area contributed by atoms with Gasteiger partial charge in [-0.2, -0.15) is 5.10 Å². The van der Waals surface area contributed by atoms with Gasteiger partial charge in [0.25, 0.3) is 0 Å². The van der Waals surface area contributed by atoms with Crippen molar-refractivity contribution in [2.24, 2.45) is 5.10 Å². The molecule has 0 fully saturated rings. The molecule has 5 heteroatoms. The third kappa shape index (κ3) is 4.25. The van der Waals surface area contributed by atoms with Crippen molar-refractivity contribution in [2.75, 3.05) is 7.11 Å². The number of carbonyl (C=O) groups is 1. The Morgan fingerprint density at radius 2 is 1.88 bits per heavy atom. The molecule has 0 aliphatic rings. The van der Waals surface area contributed by atoms with Crippen LogP contribution in [-0.2, 0) is 11.2 Å². The second-order valence-corrected chi connectivity index (χ2v) is 6.41. The largest absolute Gasteiger partial charge is 0.496 e. The molecule has 0 radical (unpaired) electrons. The van der Waals surface area contributed by atoms with E-state index >= 15 is 0 Å². The van der Waals surface area contributed by atoms with Gasteiger partial charge in [-0.05, 0) is 34.5 Å². The lowest BCUT2D eigenvalue weighted by Gasteiger charge is -2.08. The lowest BCUT2D eigenvalue weighted by molar-refractivity contribution is -0.120. The molecule has 3 rings (SSSR count). The van der Waals surface area contributed by atoms with E-state index < -0.39 is 0 Å². The average molecular weight is 397 g/mol. The van der Waals surface area contributed by atoms with Crippen LogP contribution in [0, 0.1) is 0 Å². The van der Waals surface area contributed by atoms with Gasteiger partial charge in [-0.15, -0.1) is 0 Å². The van der Waals surface area contributed by atoms with Gasteiger partial charge in [-0.25, -0.2) is 5.43 Å². The van der Waals surface area contributed by atoms with E-state index in [9.17, 15) is 4.79 Å². The number of carbonyl (C=O) groups excluding carboxylic acids is 1. The summed E-state index contributed by atoms with van der Waals surface area (Å²) < 4.78 is 6.39. The Balaban J connectivity index is 1.74. The van der Waals surface area contributed by atoms with E-state index in [4.69, 9.17) is 4.74 Å². The van der Waals surface area contributed by atoms with Crippen LogP contribution >= 0.6 is 15.9 Å². The molecule has 3 aromatic carbocycles. The van der Waals surface area contributed by atoms with Crippen LogP contribution in [-0.4, -0.2) is 19.2 Å². The quantitative estimate of drug-likeness (QED) is 0.516. The first-order valence-corrected chi connectivity index (χ1v) is 8.59. The van der Waals surface area contributed by atoms with Crippen LogP contribution in [0.15, 0.2) is 70.2 Å². The Hall–Kier alpha value is -2.66. The Morgan fingerprint density at radius 1 is 1.12 bits per heavy atom. The third-order valence-electron chi connectivity index (χ3n) is 3.81. The molecule has 0 spiro atoms. The highest BCUT2D eigenvalue weighted by atomic mass is 79.9. The number of hydrazone groups is 1. The van der Waals surface area contributed by atoms with Gasteiger partial charge in [-0.3, -0.25) is 4.79 Å². The summed E-state index contributed by atoms with van der Waals surface area (Å²) in [5.41, 5.74) is 4.34. The van der Waals surface area contributed by atoms with Crippen LogP contribution in [0.5, 0.6) is 5.75 Å². The predicted molar refractivity (Wildman–Crippen MR) is 104 cm³/mol. The van der Waals surface area contributed by atoms with Gasteiger partial charge in [0.2, 0.25) is 5.91 Å². The summed E-state index contributed by atoms with van der Waals surface area (Å²) in [6.07, 6.45) is 1.90. The Morgan fingerprint density at radius 3 is 2.64 bits per heavy atom. The molecule has 1 N–H and O–H groups in total. The number of benzene rings is 3. The molecule has 1 amide bonds. The maximum atomic E-state index is 12.0. The minimum Gasteiger partial charge on any atom is -0.496 e. The normalized spacial score (nSPS) is 11.0. The molecule has 0 bridgehead atoms. The zero-order valence-corrected chi connectivity index (χ0v) is 15.3. The summed E-state index contributed by atoms with van der Waals surface area (Å²) in [5.74, 6) is 0.544. The van der Waals surface area contributed by atoms with Crippen molar-refractivity contribution in [3.8, 4) is 5.75 Å². The number of methoxy groups -OCH3 is 1. The number of fused-ring (bicyclic) bond motifs is 1. The monoisotopic (exact) mass is 396 g/mol. The Labute approximate surface area is 154 Å². The molecule has 0 saturated carbocycles. The summed E-state index contributed by atoms with van der Waals surface area (Å²) in [6, 6.07) is 19.5. The molecule has 25 heavy (non-hydrogen) atoms. The fourth-order valence-electron chi connectivity index (χ4n) is 2.58. The standard InChI is InChI=1S/C20H17BrN2O2/c1-25-19-11-8-15-4-2-3-5-17(15)18(19)13-22-23-20(24)12-14-6-9-16(21)10-7-14/h2-11,13H,12H2,1H3,(H,23,24)/b22-13+. The first-order chi connectivity index (χ1) is 12.2. The van der Waals surface area contributed by atoms with Gasteiger partial charge in [0.05, 0.1) is 19.7 Å². The molecule has 3 aromatic rings. The van der Waals surface area contributed by atoms with Gasteiger partial charge in [0, 0.05) is 10.0 Å². The van der Waals surface area contributed by atoms with Crippen molar-refractivity contribution < 1.29 is 9.53 Å². The van der Waals surface area contributed by atoms with Gasteiger partial charge in [0.1, 0.15) is 5.75 Å². The first-order valence-electron chi connectivity index (χ1n) is 7.79. The number of rotatable bonds is 5. The molecule has 0 saturated heterocycles. The molecule has 0 heterocycles. The smallest absolute Gasteiger partial charge is 0.244 e. The topological polar surface area (TPSA) is 50.7 Å². The molecule has 4 nitrogen and oxygen atoms in total. The van der Waals surface area contributed by atoms with Crippen molar-refractivity contribution in [1.29, 1.82) is 0 Å².